The number of benzene rings is 1. The van der Waals surface area contributed by atoms with Gasteiger partial charge in [-0.2, -0.15) is 0 Å². The van der Waals surface area contributed by atoms with E-state index in [2.05, 4.69) is 53.7 Å². The van der Waals surface area contributed by atoms with Crippen LogP contribution in [0.2, 0.25) is 0 Å². The molecule has 0 aliphatic carbocycles. The molecule has 6 heteroatoms. The molecule has 134 valence electrons. The van der Waals surface area contributed by atoms with E-state index in [0.29, 0.717) is 12.3 Å². The molecule has 1 aliphatic heterocycles. The zero-order valence-corrected chi connectivity index (χ0v) is 17.2. The molecular weight excluding hydrogens is 415 g/mol. The van der Waals surface area contributed by atoms with Gasteiger partial charge in [0, 0.05) is 39.6 Å². The molecule has 1 saturated heterocycles. The molecule has 24 heavy (non-hydrogen) atoms. The van der Waals surface area contributed by atoms with Gasteiger partial charge in [0.2, 0.25) is 5.91 Å². The van der Waals surface area contributed by atoms with Gasteiger partial charge in [-0.05, 0) is 23.5 Å². The van der Waals surface area contributed by atoms with Crippen LogP contribution in [-0.4, -0.2) is 36.9 Å². The van der Waals surface area contributed by atoms with Crippen molar-refractivity contribution in [1.82, 2.24) is 15.5 Å². The second-order valence-corrected chi connectivity index (χ2v) is 6.44. The van der Waals surface area contributed by atoms with Gasteiger partial charge < -0.3 is 15.5 Å². The molecule has 2 rings (SSSR count). The van der Waals surface area contributed by atoms with Crippen LogP contribution in [0.4, 0.5) is 0 Å². The molecule has 0 spiro atoms. The number of nitrogens with one attached hydrogen (secondary N) is 2. The highest BCUT2D eigenvalue weighted by Crippen LogP contribution is 2.14. The number of hydrogen-bond donors (Lipinski definition) is 2. The van der Waals surface area contributed by atoms with Gasteiger partial charge in [-0.1, -0.05) is 38.1 Å². The largest absolute Gasteiger partial charge is 0.356 e. The molecule has 1 heterocycles. The standard InChI is InChI=1S/C18H28N4O.HI/c1-14(2)11-20-18(19-3)21-12-15-6-8-16(9-7-15)13-22-10-4-5-17(22)23;/h6-9,14H,4-5,10-13H2,1-3H3,(H2,19,20,21);1H. The first-order valence-electron chi connectivity index (χ1n) is 8.38. The van der Waals surface area contributed by atoms with E-state index < -0.39 is 0 Å². The predicted molar refractivity (Wildman–Crippen MR) is 110 cm³/mol. The average Bonchev–Trinajstić information content (AvgIpc) is 2.94. The van der Waals surface area contributed by atoms with Crippen molar-refractivity contribution in [2.45, 2.75) is 39.8 Å². The summed E-state index contributed by atoms with van der Waals surface area (Å²) in [6, 6.07) is 8.43. The number of amides is 1. The monoisotopic (exact) mass is 444 g/mol. The van der Waals surface area contributed by atoms with Gasteiger partial charge in [-0.3, -0.25) is 9.79 Å². The highest BCUT2D eigenvalue weighted by atomic mass is 127. The van der Waals surface area contributed by atoms with Gasteiger partial charge in [0.25, 0.3) is 0 Å². The molecule has 0 atom stereocenters. The molecule has 5 nitrogen and oxygen atoms in total. The number of guanidine groups is 1. The number of nitrogens with zero attached hydrogens (tertiary/aromatic N) is 2. The Kier molecular flexibility index (Phi) is 9.10. The second kappa shape index (κ2) is 10.5. The first-order valence-corrected chi connectivity index (χ1v) is 8.38. The van der Waals surface area contributed by atoms with Gasteiger partial charge in [0.15, 0.2) is 5.96 Å². The van der Waals surface area contributed by atoms with Crippen molar-refractivity contribution in [3.63, 3.8) is 0 Å². The van der Waals surface area contributed by atoms with Gasteiger partial charge in [-0.15, -0.1) is 24.0 Å². The molecule has 1 amide bonds. The van der Waals surface area contributed by atoms with Crippen LogP contribution in [0.25, 0.3) is 0 Å². The fourth-order valence-corrected chi connectivity index (χ4v) is 2.56. The number of carbonyl (C=O) groups excluding carboxylic acids is 1. The van der Waals surface area contributed by atoms with Crippen LogP contribution >= 0.6 is 24.0 Å². The van der Waals surface area contributed by atoms with Gasteiger partial charge >= 0.3 is 0 Å². The van der Waals surface area contributed by atoms with E-state index in [-0.39, 0.29) is 29.9 Å². The Hall–Kier alpha value is -1.31. The SMILES string of the molecule is CN=C(NCc1ccc(CN2CCCC2=O)cc1)NCC(C)C.I. The average molecular weight is 444 g/mol. The van der Waals surface area contributed by atoms with Crippen LogP contribution in [0.1, 0.15) is 37.8 Å². The maximum absolute atomic E-state index is 11.7. The molecular formula is C18H29IN4O. The van der Waals surface area contributed by atoms with E-state index in [9.17, 15) is 4.79 Å². The Morgan fingerprint density at radius 1 is 1.21 bits per heavy atom. The maximum Gasteiger partial charge on any atom is 0.222 e. The molecule has 0 aromatic heterocycles. The third-order valence-corrected chi connectivity index (χ3v) is 3.93. The van der Waals surface area contributed by atoms with E-state index >= 15 is 0 Å². The lowest BCUT2D eigenvalue weighted by Gasteiger charge is -2.16. The van der Waals surface area contributed by atoms with Crippen LogP contribution in [-0.2, 0) is 17.9 Å². The van der Waals surface area contributed by atoms with E-state index in [1.54, 1.807) is 7.05 Å². The third kappa shape index (κ3) is 6.67. The second-order valence-electron chi connectivity index (χ2n) is 6.44. The van der Waals surface area contributed by atoms with E-state index in [1.807, 2.05) is 4.90 Å². The highest BCUT2D eigenvalue weighted by molar-refractivity contribution is 14.0. The number of carbonyl (C=O) groups is 1. The zero-order valence-electron chi connectivity index (χ0n) is 14.8. The molecule has 1 fully saturated rings. The molecule has 2 N–H and O–H groups in total. The minimum Gasteiger partial charge on any atom is -0.356 e. The Morgan fingerprint density at radius 3 is 2.42 bits per heavy atom. The highest BCUT2D eigenvalue weighted by Gasteiger charge is 2.19. The fraction of sp³-hybridized carbons (Fsp3) is 0.556. The van der Waals surface area contributed by atoms with Gasteiger partial charge in [-0.25, -0.2) is 0 Å². The Balaban J connectivity index is 0.00000288. The Labute approximate surface area is 162 Å². The summed E-state index contributed by atoms with van der Waals surface area (Å²) in [4.78, 5) is 17.8. The summed E-state index contributed by atoms with van der Waals surface area (Å²) in [5.41, 5.74) is 2.39. The fourth-order valence-electron chi connectivity index (χ4n) is 2.56. The summed E-state index contributed by atoms with van der Waals surface area (Å²) in [6.07, 6.45) is 1.69. The molecule has 0 unspecified atom stereocenters. The van der Waals surface area contributed by atoms with Crippen molar-refractivity contribution in [3.8, 4) is 0 Å². The number of halogens is 1. The van der Waals surface area contributed by atoms with Crippen LogP contribution in [0, 0.1) is 5.92 Å². The quantitative estimate of drug-likeness (QED) is 0.403. The first kappa shape index (κ1) is 20.7. The smallest absolute Gasteiger partial charge is 0.222 e. The zero-order chi connectivity index (χ0) is 16.7. The summed E-state index contributed by atoms with van der Waals surface area (Å²) in [7, 11) is 1.78. The van der Waals surface area contributed by atoms with Gasteiger partial charge in [0.05, 0.1) is 0 Å². The van der Waals surface area contributed by atoms with Crippen molar-refractivity contribution in [1.29, 1.82) is 0 Å². The summed E-state index contributed by atoms with van der Waals surface area (Å²) in [5, 5.41) is 6.61. The lowest BCUT2D eigenvalue weighted by Crippen LogP contribution is -2.38. The minimum atomic E-state index is 0. The maximum atomic E-state index is 11.7. The van der Waals surface area contributed by atoms with Gasteiger partial charge in [0.1, 0.15) is 0 Å². The molecule has 0 saturated carbocycles. The topological polar surface area (TPSA) is 56.7 Å². The van der Waals surface area contributed by atoms with Crippen LogP contribution < -0.4 is 10.6 Å². The molecule has 0 bridgehead atoms. The number of aliphatic imine (C=N–C) groups is 1. The summed E-state index contributed by atoms with van der Waals surface area (Å²) in [6.45, 7) is 7.60. The van der Waals surface area contributed by atoms with E-state index in [1.165, 1.54) is 11.1 Å². The first-order chi connectivity index (χ1) is 11.1. The predicted octanol–water partition coefficient (Wildman–Crippen LogP) is 2.75. The lowest BCUT2D eigenvalue weighted by atomic mass is 10.1. The number of likely N-dealkylation sites (tertiary alicyclic amines) is 1. The minimum absolute atomic E-state index is 0. The van der Waals surface area contributed by atoms with Crippen molar-refractivity contribution in [3.05, 3.63) is 35.4 Å². The van der Waals surface area contributed by atoms with Crippen LogP contribution in [0.15, 0.2) is 29.3 Å². The van der Waals surface area contributed by atoms with Crippen molar-refractivity contribution < 1.29 is 4.79 Å². The molecule has 1 aliphatic rings. The number of rotatable bonds is 6. The van der Waals surface area contributed by atoms with E-state index in [0.717, 1.165) is 38.6 Å². The summed E-state index contributed by atoms with van der Waals surface area (Å²) < 4.78 is 0. The number of hydrogen-bond acceptors (Lipinski definition) is 2. The van der Waals surface area contributed by atoms with Crippen LogP contribution in [0.5, 0.6) is 0 Å². The van der Waals surface area contributed by atoms with Crippen molar-refractivity contribution in [2.24, 2.45) is 10.9 Å². The summed E-state index contributed by atoms with van der Waals surface area (Å²) in [5.74, 6) is 1.68. The van der Waals surface area contributed by atoms with Crippen molar-refractivity contribution in [2.75, 3.05) is 20.1 Å². The Bertz CT molecular complexity index is 542. The van der Waals surface area contributed by atoms with Crippen LogP contribution in [0.3, 0.4) is 0 Å². The van der Waals surface area contributed by atoms with Crippen molar-refractivity contribution >= 4 is 35.8 Å². The molecule has 1 aromatic rings. The Morgan fingerprint density at radius 2 is 1.88 bits per heavy atom. The molecule has 0 radical (unpaired) electrons. The lowest BCUT2D eigenvalue weighted by molar-refractivity contribution is -0.128. The summed E-state index contributed by atoms with van der Waals surface area (Å²) >= 11 is 0. The third-order valence-electron chi connectivity index (χ3n) is 3.93. The molecule has 1 aromatic carbocycles. The van der Waals surface area contributed by atoms with E-state index in [4.69, 9.17) is 0 Å². The normalized spacial score (nSPS) is 14.8.